The topological polar surface area (TPSA) is 122 Å². The zero-order valence-corrected chi connectivity index (χ0v) is 17.7. The zero-order valence-electron chi connectivity index (χ0n) is 17.7. The normalized spacial score (nSPS) is 14.2. The highest BCUT2D eigenvalue weighted by atomic mass is 16.5. The van der Waals surface area contributed by atoms with E-state index in [0.29, 0.717) is 37.3 Å². The van der Waals surface area contributed by atoms with Gasteiger partial charge in [-0.25, -0.2) is 0 Å². The Balaban J connectivity index is 1.22. The van der Waals surface area contributed by atoms with E-state index in [1.165, 1.54) is 6.20 Å². The lowest BCUT2D eigenvalue weighted by Crippen LogP contribution is -2.49. The van der Waals surface area contributed by atoms with Gasteiger partial charge in [0.15, 0.2) is 11.5 Å². The molecule has 32 heavy (non-hydrogen) atoms. The van der Waals surface area contributed by atoms with Crippen molar-refractivity contribution in [1.29, 1.82) is 0 Å². The first-order valence-electron chi connectivity index (χ1n) is 10.4. The van der Waals surface area contributed by atoms with Crippen LogP contribution >= 0.6 is 0 Å². The Bertz CT molecular complexity index is 1100. The second kappa shape index (κ2) is 9.46. The fourth-order valence-electron chi connectivity index (χ4n) is 3.56. The van der Waals surface area contributed by atoms with Crippen LogP contribution < -0.4 is 10.6 Å². The Morgan fingerprint density at radius 1 is 1.12 bits per heavy atom. The van der Waals surface area contributed by atoms with Crippen LogP contribution in [0.3, 0.4) is 0 Å². The minimum absolute atomic E-state index is 0.00659. The van der Waals surface area contributed by atoms with E-state index >= 15 is 0 Å². The van der Waals surface area contributed by atoms with E-state index in [1.54, 1.807) is 28.9 Å². The molecular weight excluding hydrogens is 412 g/mol. The molecule has 1 aliphatic heterocycles. The summed E-state index contributed by atoms with van der Waals surface area (Å²) in [6.07, 6.45) is 4.48. The van der Waals surface area contributed by atoms with Gasteiger partial charge in [-0.2, -0.15) is 5.10 Å². The minimum atomic E-state index is -0.470. The average molecular weight is 436 g/mol. The molecule has 10 nitrogen and oxygen atoms in total. The molecule has 0 aliphatic carbocycles. The Kier molecular flexibility index (Phi) is 6.29. The van der Waals surface area contributed by atoms with Gasteiger partial charge in [0.25, 0.3) is 11.8 Å². The number of amides is 3. The minimum Gasteiger partial charge on any atom is -0.355 e. The molecular formula is C22H24N6O4. The second-order valence-corrected chi connectivity index (χ2v) is 7.66. The van der Waals surface area contributed by atoms with E-state index < -0.39 is 5.91 Å². The summed E-state index contributed by atoms with van der Waals surface area (Å²) in [5.74, 6) is -0.333. The van der Waals surface area contributed by atoms with Gasteiger partial charge in [-0.1, -0.05) is 35.5 Å². The number of hydrogen-bond donors (Lipinski definition) is 2. The number of carbonyl (C=O) groups is 3. The number of nitrogens with zero attached hydrogens (tertiary/aromatic N) is 4. The molecule has 0 spiro atoms. The van der Waals surface area contributed by atoms with Gasteiger partial charge in [0.05, 0.1) is 18.3 Å². The summed E-state index contributed by atoms with van der Waals surface area (Å²) in [5.41, 5.74) is 1.44. The maximum atomic E-state index is 12.5. The van der Waals surface area contributed by atoms with Crippen LogP contribution in [0.1, 0.15) is 33.7 Å². The number of aromatic nitrogens is 3. The Labute approximate surface area is 184 Å². The summed E-state index contributed by atoms with van der Waals surface area (Å²) in [7, 11) is 1.75. The van der Waals surface area contributed by atoms with Gasteiger partial charge in [-0.05, 0) is 12.8 Å². The van der Waals surface area contributed by atoms with Crippen LogP contribution in [0.5, 0.6) is 0 Å². The van der Waals surface area contributed by atoms with Crippen molar-refractivity contribution in [1.82, 2.24) is 30.5 Å². The van der Waals surface area contributed by atoms with Crippen LogP contribution in [-0.2, 0) is 11.8 Å². The molecule has 1 aromatic carbocycles. The zero-order chi connectivity index (χ0) is 22.5. The first kappa shape index (κ1) is 21.3. The van der Waals surface area contributed by atoms with Crippen LogP contribution in [0, 0.1) is 0 Å². The molecule has 1 saturated heterocycles. The molecule has 2 N–H and O–H groups in total. The predicted molar refractivity (Wildman–Crippen MR) is 115 cm³/mol. The van der Waals surface area contributed by atoms with E-state index in [-0.39, 0.29) is 30.1 Å². The van der Waals surface area contributed by atoms with Crippen LogP contribution in [0.4, 0.5) is 0 Å². The first-order valence-corrected chi connectivity index (χ1v) is 10.4. The Morgan fingerprint density at radius 2 is 1.88 bits per heavy atom. The second-order valence-electron chi connectivity index (χ2n) is 7.66. The Morgan fingerprint density at radius 3 is 2.56 bits per heavy atom. The van der Waals surface area contributed by atoms with Crippen molar-refractivity contribution in [3.05, 3.63) is 60.0 Å². The maximum absolute atomic E-state index is 12.5. The van der Waals surface area contributed by atoms with E-state index in [1.807, 2.05) is 30.3 Å². The number of likely N-dealkylation sites (tertiary alicyclic amines) is 1. The van der Waals surface area contributed by atoms with Gasteiger partial charge in [0.2, 0.25) is 5.91 Å². The third-order valence-electron chi connectivity index (χ3n) is 5.35. The Hall–Kier alpha value is -3.95. The molecule has 1 fully saturated rings. The van der Waals surface area contributed by atoms with Crippen molar-refractivity contribution in [2.24, 2.45) is 7.05 Å². The lowest BCUT2D eigenvalue weighted by molar-refractivity contribution is -0.131. The molecule has 166 valence electrons. The molecule has 0 radical (unpaired) electrons. The lowest BCUT2D eigenvalue weighted by atomic mass is 10.0. The number of carbonyl (C=O) groups excluding carboxylic acids is 3. The molecule has 0 atom stereocenters. The molecule has 2 aromatic heterocycles. The highest BCUT2D eigenvalue weighted by Crippen LogP contribution is 2.19. The van der Waals surface area contributed by atoms with Crippen molar-refractivity contribution in [3.63, 3.8) is 0 Å². The van der Waals surface area contributed by atoms with Gasteiger partial charge >= 0.3 is 0 Å². The monoisotopic (exact) mass is 436 g/mol. The van der Waals surface area contributed by atoms with E-state index in [4.69, 9.17) is 4.52 Å². The highest BCUT2D eigenvalue weighted by Gasteiger charge is 2.25. The summed E-state index contributed by atoms with van der Waals surface area (Å²) >= 11 is 0. The summed E-state index contributed by atoms with van der Waals surface area (Å²) in [6, 6.07) is 10.9. The SMILES string of the molecule is Cn1cc(C(=O)NC2CCN(C(=O)CNC(=O)c3cc(-c4ccccc4)on3)CC2)cn1. The van der Waals surface area contributed by atoms with Crippen LogP contribution in [0.2, 0.25) is 0 Å². The summed E-state index contributed by atoms with van der Waals surface area (Å²) in [4.78, 5) is 38.7. The lowest BCUT2D eigenvalue weighted by Gasteiger charge is -2.32. The quantitative estimate of drug-likeness (QED) is 0.599. The fraction of sp³-hybridized carbons (Fsp3) is 0.318. The third kappa shape index (κ3) is 5.02. The molecule has 1 aliphatic rings. The predicted octanol–water partition coefficient (Wildman–Crippen LogP) is 1.23. The molecule has 3 amide bonds. The fourth-order valence-corrected chi connectivity index (χ4v) is 3.56. The van der Waals surface area contributed by atoms with Crippen molar-refractivity contribution in [2.45, 2.75) is 18.9 Å². The van der Waals surface area contributed by atoms with E-state index in [0.717, 1.165) is 5.56 Å². The first-order chi connectivity index (χ1) is 15.5. The van der Waals surface area contributed by atoms with Gasteiger partial charge < -0.3 is 20.1 Å². The maximum Gasteiger partial charge on any atom is 0.273 e. The number of nitrogens with one attached hydrogen (secondary N) is 2. The van der Waals surface area contributed by atoms with Crippen molar-refractivity contribution < 1.29 is 18.9 Å². The number of piperidine rings is 1. The van der Waals surface area contributed by atoms with Gasteiger partial charge in [0.1, 0.15) is 0 Å². The van der Waals surface area contributed by atoms with Gasteiger partial charge in [-0.3, -0.25) is 19.1 Å². The molecule has 3 heterocycles. The van der Waals surface area contributed by atoms with E-state index in [9.17, 15) is 14.4 Å². The van der Waals surface area contributed by atoms with Crippen LogP contribution in [0.25, 0.3) is 11.3 Å². The highest BCUT2D eigenvalue weighted by molar-refractivity contribution is 5.95. The number of benzene rings is 1. The molecule has 0 saturated carbocycles. The van der Waals surface area contributed by atoms with Gasteiger partial charge in [0, 0.05) is 44.0 Å². The van der Waals surface area contributed by atoms with Crippen molar-refractivity contribution >= 4 is 17.7 Å². The smallest absolute Gasteiger partial charge is 0.273 e. The van der Waals surface area contributed by atoms with E-state index in [2.05, 4.69) is 20.9 Å². The summed E-state index contributed by atoms with van der Waals surface area (Å²) in [5, 5.41) is 13.4. The molecule has 0 bridgehead atoms. The van der Waals surface area contributed by atoms with Crippen LogP contribution in [-0.4, -0.2) is 63.2 Å². The number of aryl methyl sites for hydroxylation is 1. The molecule has 10 heteroatoms. The molecule has 0 unspecified atom stereocenters. The standard InChI is InChI=1S/C22H24N6O4/c1-27-14-16(12-24-27)21(30)25-17-7-9-28(10-8-17)20(29)13-23-22(31)18-11-19(32-26-18)15-5-3-2-4-6-15/h2-6,11-12,14,17H,7-10,13H2,1H3,(H,23,31)(H,25,30). The number of hydrogen-bond acceptors (Lipinski definition) is 6. The molecule has 3 aromatic rings. The van der Waals surface area contributed by atoms with Crippen molar-refractivity contribution in [2.75, 3.05) is 19.6 Å². The summed E-state index contributed by atoms with van der Waals surface area (Å²) < 4.78 is 6.80. The molecule has 4 rings (SSSR count). The van der Waals surface area contributed by atoms with Gasteiger partial charge in [-0.15, -0.1) is 0 Å². The summed E-state index contributed by atoms with van der Waals surface area (Å²) in [6.45, 7) is 0.892. The van der Waals surface area contributed by atoms with Crippen molar-refractivity contribution in [3.8, 4) is 11.3 Å². The van der Waals surface area contributed by atoms with Crippen LogP contribution in [0.15, 0.2) is 53.3 Å². The average Bonchev–Trinajstić information content (AvgIpc) is 3.48. The third-order valence-corrected chi connectivity index (χ3v) is 5.35. The number of rotatable bonds is 6. The largest absolute Gasteiger partial charge is 0.355 e.